The van der Waals surface area contributed by atoms with Crippen molar-refractivity contribution in [3.05, 3.63) is 82.3 Å². The van der Waals surface area contributed by atoms with Gasteiger partial charge in [-0.1, -0.05) is 35.3 Å². The Labute approximate surface area is 191 Å². The Kier molecular flexibility index (Phi) is 7.10. The van der Waals surface area contributed by atoms with Crippen LogP contribution in [0.5, 0.6) is 5.75 Å². The summed E-state index contributed by atoms with van der Waals surface area (Å²) >= 11 is 12.2. The molecule has 0 atom stereocenters. The van der Waals surface area contributed by atoms with E-state index in [1.165, 1.54) is 25.3 Å². The first-order valence-electron chi connectivity index (χ1n) is 9.19. The first-order chi connectivity index (χ1) is 14.7. The van der Waals surface area contributed by atoms with Gasteiger partial charge in [-0.05, 0) is 67.1 Å². The van der Waals surface area contributed by atoms with E-state index in [-0.39, 0.29) is 10.6 Å². The van der Waals surface area contributed by atoms with E-state index in [1.54, 1.807) is 55.5 Å². The molecule has 0 unspecified atom stereocenters. The van der Waals surface area contributed by atoms with Gasteiger partial charge < -0.3 is 10.1 Å². The quantitative estimate of drug-likeness (QED) is 0.509. The number of ether oxygens (including phenoxy) is 1. The highest BCUT2D eigenvalue weighted by atomic mass is 35.5. The number of methoxy groups -OCH3 is 1. The second kappa shape index (κ2) is 9.60. The minimum atomic E-state index is -4.07. The summed E-state index contributed by atoms with van der Waals surface area (Å²) in [6.45, 7) is 1.31. The summed E-state index contributed by atoms with van der Waals surface area (Å²) in [4.78, 5) is 12.8. The van der Waals surface area contributed by atoms with Gasteiger partial charge in [-0.2, -0.15) is 0 Å². The van der Waals surface area contributed by atoms with Crippen LogP contribution < -0.4 is 14.4 Å². The molecule has 0 heterocycles. The normalized spacial score (nSPS) is 11.1. The van der Waals surface area contributed by atoms with Crippen LogP contribution in [0.3, 0.4) is 0 Å². The third-order valence-corrected chi connectivity index (χ3v) is 7.01. The van der Waals surface area contributed by atoms with Gasteiger partial charge in [0.15, 0.2) is 0 Å². The average molecular weight is 479 g/mol. The summed E-state index contributed by atoms with van der Waals surface area (Å²) in [5.74, 6) is -0.00939. The summed E-state index contributed by atoms with van der Waals surface area (Å²) in [6, 6.07) is 17.3. The monoisotopic (exact) mass is 478 g/mol. The van der Waals surface area contributed by atoms with Crippen molar-refractivity contribution in [2.75, 3.05) is 23.3 Å². The highest BCUT2D eigenvalue weighted by Crippen LogP contribution is 2.28. The molecule has 0 saturated heterocycles. The van der Waals surface area contributed by atoms with Gasteiger partial charge in [0.05, 0.1) is 17.7 Å². The number of nitrogens with one attached hydrogen (secondary N) is 1. The van der Waals surface area contributed by atoms with Gasteiger partial charge in [0.2, 0.25) is 5.91 Å². The minimum Gasteiger partial charge on any atom is -0.497 e. The van der Waals surface area contributed by atoms with Crippen LogP contribution in [0.15, 0.2) is 71.6 Å². The number of anilines is 2. The van der Waals surface area contributed by atoms with E-state index in [1.807, 2.05) is 0 Å². The Morgan fingerprint density at radius 3 is 2.35 bits per heavy atom. The molecule has 0 aliphatic carbocycles. The molecule has 0 fully saturated rings. The summed E-state index contributed by atoms with van der Waals surface area (Å²) in [5.41, 5.74) is 1.46. The summed E-state index contributed by atoms with van der Waals surface area (Å²) in [6.07, 6.45) is 0. The molecule has 0 saturated carbocycles. The molecule has 31 heavy (non-hydrogen) atoms. The van der Waals surface area contributed by atoms with Crippen LogP contribution in [0.25, 0.3) is 0 Å². The lowest BCUT2D eigenvalue weighted by Crippen LogP contribution is -2.38. The summed E-state index contributed by atoms with van der Waals surface area (Å²) in [5, 5.41) is 3.57. The van der Waals surface area contributed by atoms with Crippen molar-refractivity contribution < 1.29 is 17.9 Å². The lowest BCUT2D eigenvalue weighted by atomic mass is 10.2. The van der Waals surface area contributed by atoms with Crippen molar-refractivity contribution in [1.29, 1.82) is 0 Å². The molecular formula is C22H20Cl2N2O4S. The fraction of sp³-hybridized carbons (Fsp3) is 0.136. The van der Waals surface area contributed by atoms with Gasteiger partial charge in [0, 0.05) is 15.7 Å². The molecule has 3 aromatic carbocycles. The van der Waals surface area contributed by atoms with Crippen molar-refractivity contribution in [3.8, 4) is 5.75 Å². The van der Waals surface area contributed by atoms with Crippen LogP contribution in [0.2, 0.25) is 10.0 Å². The van der Waals surface area contributed by atoms with Gasteiger partial charge in [-0.15, -0.1) is 0 Å². The first-order valence-corrected chi connectivity index (χ1v) is 11.4. The maximum atomic E-state index is 13.4. The first kappa shape index (κ1) is 22.9. The van der Waals surface area contributed by atoms with E-state index in [4.69, 9.17) is 27.9 Å². The number of hydrogen-bond donors (Lipinski definition) is 1. The van der Waals surface area contributed by atoms with Crippen molar-refractivity contribution in [3.63, 3.8) is 0 Å². The fourth-order valence-electron chi connectivity index (χ4n) is 2.88. The Morgan fingerprint density at radius 2 is 1.71 bits per heavy atom. The molecule has 3 aromatic rings. The molecule has 0 aliphatic heterocycles. The molecule has 0 aromatic heterocycles. The Balaban J connectivity index is 1.96. The number of sulfonamides is 1. The lowest BCUT2D eigenvalue weighted by molar-refractivity contribution is -0.114. The van der Waals surface area contributed by atoms with Crippen LogP contribution in [-0.2, 0) is 14.8 Å². The standard InChI is InChI=1S/C22H20Cl2N2O4S/c1-15-20(24)7-4-8-21(15)25-22(27)14-26(17-6-3-5-16(23)13-17)31(28,29)19-11-9-18(30-2)10-12-19/h3-13H,14H2,1-2H3,(H,25,27). The Morgan fingerprint density at radius 1 is 1.03 bits per heavy atom. The van der Waals surface area contributed by atoms with Gasteiger partial charge in [-0.25, -0.2) is 8.42 Å². The molecule has 1 N–H and O–H groups in total. The number of amides is 1. The number of nitrogens with zero attached hydrogens (tertiary/aromatic N) is 1. The van der Waals surface area contributed by atoms with E-state index in [0.717, 1.165) is 4.31 Å². The van der Waals surface area contributed by atoms with Gasteiger partial charge >= 0.3 is 0 Å². The number of rotatable bonds is 7. The number of halogens is 2. The fourth-order valence-corrected chi connectivity index (χ4v) is 4.66. The van der Waals surface area contributed by atoms with Crippen molar-refractivity contribution in [2.24, 2.45) is 0 Å². The third-order valence-electron chi connectivity index (χ3n) is 4.57. The zero-order chi connectivity index (χ0) is 22.6. The largest absolute Gasteiger partial charge is 0.497 e. The Bertz CT molecular complexity index is 1200. The zero-order valence-corrected chi connectivity index (χ0v) is 19.1. The highest BCUT2D eigenvalue weighted by molar-refractivity contribution is 7.92. The predicted octanol–water partition coefficient (Wildman–Crippen LogP) is 5.14. The van der Waals surface area contributed by atoms with Crippen LogP contribution in [0.1, 0.15) is 5.56 Å². The number of hydrogen-bond acceptors (Lipinski definition) is 4. The van der Waals surface area contributed by atoms with E-state index in [9.17, 15) is 13.2 Å². The molecular weight excluding hydrogens is 459 g/mol. The maximum Gasteiger partial charge on any atom is 0.264 e. The van der Waals surface area contributed by atoms with Crippen LogP contribution in [0.4, 0.5) is 11.4 Å². The molecule has 0 aliphatic rings. The third kappa shape index (κ3) is 5.31. The Hall–Kier alpha value is -2.74. The molecule has 9 heteroatoms. The predicted molar refractivity (Wildman–Crippen MR) is 124 cm³/mol. The van der Waals surface area contributed by atoms with Gasteiger partial charge in [-0.3, -0.25) is 9.10 Å². The van der Waals surface area contributed by atoms with Crippen molar-refractivity contribution in [1.82, 2.24) is 0 Å². The van der Waals surface area contributed by atoms with E-state index >= 15 is 0 Å². The molecule has 1 amide bonds. The molecule has 0 spiro atoms. The minimum absolute atomic E-state index is 0.0139. The number of carbonyl (C=O) groups excluding carboxylic acids is 1. The van der Waals surface area contributed by atoms with Crippen LogP contribution in [0, 0.1) is 6.92 Å². The average Bonchev–Trinajstić information content (AvgIpc) is 2.75. The van der Waals surface area contributed by atoms with Crippen molar-refractivity contribution >= 4 is 50.5 Å². The van der Waals surface area contributed by atoms with E-state index in [0.29, 0.717) is 27.0 Å². The van der Waals surface area contributed by atoms with E-state index in [2.05, 4.69) is 5.32 Å². The van der Waals surface area contributed by atoms with E-state index < -0.39 is 22.5 Å². The molecule has 3 rings (SSSR count). The summed E-state index contributed by atoms with van der Waals surface area (Å²) < 4.78 is 32.9. The van der Waals surface area contributed by atoms with Crippen LogP contribution in [-0.4, -0.2) is 28.0 Å². The second-order valence-electron chi connectivity index (χ2n) is 6.63. The molecule has 162 valence electrons. The van der Waals surface area contributed by atoms with Gasteiger partial charge in [0.25, 0.3) is 10.0 Å². The topological polar surface area (TPSA) is 75.7 Å². The molecule has 6 nitrogen and oxygen atoms in total. The smallest absolute Gasteiger partial charge is 0.264 e. The SMILES string of the molecule is COc1ccc(S(=O)(=O)N(CC(=O)Nc2cccc(Cl)c2C)c2cccc(Cl)c2)cc1. The maximum absolute atomic E-state index is 13.4. The van der Waals surface area contributed by atoms with Crippen molar-refractivity contribution in [2.45, 2.75) is 11.8 Å². The number of benzene rings is 3. The summed E-state index contributed by atoms with van der Waals surface area (Å²) in [7, 11) is -2.58. The van der Waals surface area contributed by atoms with Gasteiger partial charge in [0.1, 0.15) is 12.3 Å². The second-order valence-corrected chi connectivity index (χ2v) is 9.33. The lowest BCUT2D eigenvalue weighted by Gasteiger charge is -2.24. The number of carbonyl (C=O) groups is 1. The molecule has 0 radical (unpaired) electrons. The highest BCUT2D eigenvalue weighted by Gasteiger charge is 2.27. The molecule has 0 bridgehead atoms. The zero-order valence-electron chi connectivity index (χ0n) is 16.8. The van der Waals surface area contributed by atoms with Crippen LogP contribution >= 0.6 is 23.2 Å².